The second-order valence-electron chi connectivity index (χ2n) is 6.12. The van der Waals surface area contributed by atoms with Crippen molar-refractivity contribution in [1.29, 1.82) is 0 Å². The van der Waals surface area contributed by atoms with Gasteiger partial charge in [0.25, 0.3) is 11.8 Å². The first-order chi connectivity index (χ1) is 12.6. The van der Waals surface area contributed by atoms with Gasteiger partial charge in [-0.15, -0.1) is 0 Å². The van der Waals surface area contributed by atoms with E-state index in [1.54, 1.807) is 30.0 Å². The van der Waals surface area contributed by atoms with Crippen LogP contribution in [-0.2, 0) is 10.5 Å². The fourth-order valence-corrected chi connectivity index (χ4v) is 3.68. The number of carbonyl (C=O) groups is 3. The van der Waals surface area contributed by atoms with Crippen LogP contribution in [0.15, 0.2) is 48.5 Å². The number of nitrogens with zero attached hydrogens (tertiary/aromatic N) is 1. The number of amides is 3. The van der Waals surface area contributed by atoms with Gasteiger partial charge in [-0.1, -0.05) is 30.3 Å². The fourth-order valence-electron chi connectivity index (χ4n) is 2.76. The molecule has 0 fully saturated rings. The quantitative estimate of drug-likeness (QED) is 0.599. The number of carbonyl (C=O) groups excluding carboxylic acids is 3. The molecule has 0 aromatic heterocycles. The van der Waals surface area contributed by atoms with E-state index < -0.39 is 0 Å². The van der Waals surface area contributed by atoms with Gasteiger partial charge in [-0.25, -0.2) is 0 Å². The monoisotopic (exact) mass is 368 g/mol. The van der Waals surface area contributed by atoms with E-state index in [1.165, 1.54) is 12.6 Å². The maximum Gasteiger partial charge on any atom is 0.261 e. The van der Waals surface area contributed by atoms with Crippen LogP contribution in [0.5, 0.6) is 0 Å². The van der Waals surface area contributed by atoms with Crippen LogP contribution in [0.25, 0.3) is 0 Å². The summed E-state index contributed by atoms with van der Waals surface area (Å²) in [6.45, 7) is 0. The van der Waals surface area contributed by atoms with E-state index in [9.17, 15) is 14.4 Å². The average molecular weight is 368 g/mol. The summed E-state index contributed by atoms with van der Waals surface area (Å²) in [5.41, 5.74) is 2.55. The van der Waals surface area contributed by atoms with Gasteiger partial charge in [-0.2, -0.15) is 11.8 Å². The molecule has 5 nitrogen and oxygen atoms in total. The van der Waals surface area contributed by atoms with Gasteiger partial charge < -0.3 is 5.32 Å². The summed E-state index contributed by atoms with van der Waals surface area (Å²) in [6, 6.07) is 15.1. The van der Waals surface area contributed by atoms with Crippen molar-refractivity contribution >= 4 is 35.2 Å². The molecule has 6 heteroatoms. The smallest absolute Gasteiger partial charge is 0.261 e. The molecule has 1 aliphatic rings. The van der Waals surface area contributed by atoms with Crippen molar-refractivity contribution in [2.75, 3.05) is 18.1 Å². The highest BCUT2D eigenvalue weighted by molar-refractivity contribution is 7.98. The number of benzene rings is 2. The molecule has 0 saturated heterocycles. The molecule has 3 rings (SSSR count). The van der Waals surface area contributed by atoms with Crippen molar-refractivity contribution in [1.82, 2.24) is 4.90 Å². The molecule has 2 aromatic rings. The van der Waals surface area contributed by atoms with E-state index in [4.69, 9.17) is 0 Å². The zero-order valence-electron chi connectivity index (χ0n) is 14.5. The van der Waals surface area contributed by atoms with Crippen molar-refractivity contribution in [2.45, 2.75) is 18.6 Å². The fraction of sp³-hybridized carbons (Fsp3) is 0.250. The highest BCUT2D eigenvalue weighted by atomic mass is 32.2. The Morgan fingerprint density at radius 3 is 2.54 bits per heavy atom. The molecule has 0 bridgehead atoms. The molecule has 0 spiro atoms. The number of nitrogens with one attached hydrogen (secondary N) is 1. The Balaban J connectivity index is 1.44. The molecule has 1 heterocycles. The van der Waals surface area contributed by atoms with Gasteiger partial charge in [0.05, 0.1) is 11.1 Å². The van der Waals surface area contributed by atoms with Crippen LogP contribution in [-0.4, -0.2) is 35.4 Å². The summed E-state index contributed by atoms with van der Waals surface area (Å²) >= 11 is 1.80. The SMILES string of the molecule is CN1C(=O)c2ccc(NC(=O)CCCSCc3ccccc3)cc2C1=O. The van der Waals surface area contributed by atoms with E-state index in [2.05, 4.69) is 17.4 Å². The number of rotatable bonds is 7. The van der Waals surface area contributed by atoms with Crippen LogP contribution in [0.4, 0.5) is 5.69 Å². The first kappa shape index (κ1) is 18.2. The van der Waals surface area contributed by atoms with Crippen molar-refractivity contribution in [3.05, 3.63) is 65.2 Å². The lowest BCUT2D eigenvalue weighted by Gasteiger charge is -2.06. The molecule has 134 valence electrons. The van der Waals surface area contributed by atoms with E-state index in [1.807, 2.05) is 18.2 Å². The topological polar surface area (TPSA) is 66.5 Å². The molecule has 26 heavy (non-hydrogen) atoms. The van der Waals surface area contributed by atoms with Crippen molar-refractivity contribution < 1.29 is 14.4 Å². The largest absolute Gasteiger partial charge is 0.326 e. The maximum atomic E-state index is 12.1. The number of imide groups is 1. The molecule has 0 saturated carbocycles. The third kappa shape index (κ3) is 4.14. The second-order valence-corrected chi connectivity index (χ2v) is 7.22. The molecule has 0 atom stereocenters. The van der Waals surface area contributed by atoms with Gasteiger partial charge in [0, 0.05) is 24.9 Å². The summed E-state index contributed by atoms with van der Waals surface area (Å²) in [5, 5.41) is 2.80. The Kier molecular flexibility index (Phi) is 5.73. The Hall–Kier alpha value is -2.60. The van der Waals surface area contributed by atoms with Crippen LogP contribution in [0.3, 0.4) is 0 Å². The summed E-state index contributed by atoms with van der Waals surface area (Å²) in [5.74, 6) is 1.12. The van der Waals surface area contributed by atoms with E-state index in [0.717, 1.165) is 22.8 Å². The minimum Gasteiger partial charge on any atom is -0.326 e. The second kappa shape index (κ2) is 8.19. The first-order valence-corrected chi connectivity index (χ1v) is 9.59. The van der Waals surface area contributed by atoms with Gasteiger partial charge >= 0.3 is 0 Å². The number of fused-ring (bicyclic) bond motifs is 1. The Morgan fingerprint density at radius 1 is 1.04 bits per heavy atom. The minimum atomic E-state index is -0.335. The zero-order valence-corrected chi connectivity index (χ0v) is 15.3. The molecule has 0 radical (unpaired) electrons. The molecule has 2 aromatic carbocycles. The van der Waals surface area contributed by atoms with Crippen molar-refractivity contribution in [3.8, 4) is 0 Å². The average Bonchev–Trinajstić information content (AvgIpc) is 2.86. The normalized spacial score (nSPS) is 13.0. The van der Waals surface area contributed by atoms with E-state index in [-0.39, 0.29) is 17.7 Å². The van der Waals surface area contributed by atoms with E-state index >= 15 is 0 Å². The lowest BCUT2D eigenvalue weighted by molar-refractivity contribution is -0.116. The lowest BCUT2D eigenvalue weighted by Crippen LogP contribution is -2.24. The standard InChI is InChI=1S/C20H20N2O3S/c1-22-19(24)16-10-9-15(12-17(16)20(22)25)21-18(23)8-5-11-26-13-14-6-3-2-4-7-14/h2-4,6-7,9-10,12H,5,8,11,13H2,1H3,(H,21,23). The molecular weight excluding hydrogens is 348 g/mol. The van der Waals surface area contributed by atoms with Crippen LogP contribution >= 0.6 is 11.8 Å². The zero-order chi connectivity index (χ0) is 18.5. The summed E-state index contributed by atoms with van der Waals surface area (Å²) in [4.78, 5) is 37.0. The van der Waals surface area contributed by atoms with Crippen LogP contribution in [0, 0.1) is 0 Å². The van der Waals surface area contributed by atoms with E-state index in [0.29, 0.717) is 23.2 Å². The highest BCUT2D eigenvalue weighted by Gasteiger charge is 2.32. The van der Waals surface area contributed by atoms with Crippen LogP contribution < -0.4 is 5.32 Å². The lowest BCUT2D eigenvalue weighted by atomic mass is 10.1. The molecule has 1 aliphatic heterocycles. The van der Waals surface area contributed by atoms with Crippen molar-refractivity contribution in [3.63, 3.8) is 0 Å². The highest BCUT2D eigenvalue weighted by Crippen LogP contribution is 2.25. The summed E-state index contributed by atoms with van der Waals surface area (Å²) in [7, 11) is 1.45. The molecule has 3 amide bonds. The van der Waals surface area contributed by atoms with Gasteiger partial charge in [0.15, 0.2) is 0 Å². The number of hydrogen-bond acceptors (Lipinski definition) is 4. The Labute approximate surface area is 156 Å². The molecule has 0 unspecified atom stereocenters. The summed E-state index contributed by atoms with van der Waals surface area (Å²) < 4.78 is 0. The van der Waals surface area contributed by atoms with Crippen LogP contribution in [0.2, 0.25) is 0 Å². The van der Waals surface area contributed by atoms with Gasteiger partial charge in [0.1, 0.15) is 0 Å². The molecule has 1 N–H and O–H groups in total. The third-order valence-electron chi connectivity index (χ3n) is 4.18. The molecular formula is C20H20N2O3S. The Morgan fingerprint density at radius 2 is 1.77 bits per heavy atom. The summed E-state index contributed by atoms with van der Waals surface area (Å²) in [6.07, 6.45) is 1.21. The number of hydrogen-bond donors (Lipinski definition) is 1. The van der Waals surface area contributed by atoms with Gasteiger partial charge in [-0.05, 0) is 35.9 Å². The number of thioether (sulfide) groups is 1. The Bertz CT molecular complexity index is 836. The number of anilines is 1. The maximum absolute atomic E-state index is 12.1. The van der Waals surface area contributed by atoms with Crippen LogP contribution in [0.1, 0.15) is 39.1 Å². The van der Waals surface area contributed by atoms with Gasteiger partial charge in [-0.3, -0.25) is 19.3 Å². The van der Waals surface area contributed by atoms with Gasteiger partial charge in [0.2, 0.25) is 5.91 Å². The third-order valence-corrected chi connectivity index (χ3v) is 5.29. The predicted octanol–water partition coefficient (Wildman–Crippen LogP) is 3.56. The minimum absolute atomic E-state index is 0.0876. The predicted molar refractivity (Wildman–Crippen MR) is 103 cm³/mol. The molecule has 0 aliphatic carbocycles. The van der Waals surface area contributed by atoms with Crippen molar-refractivity contribution in [2.24, 2.45) is 0 Å². The first-order valence-electron chi connectivity index (χ1n) is 8.44.